The van der Waals surface area contributed by atoms with Gasteiger partial charge in [0.05, 0.1) is 6.61 Å². The van der Waals surface area contributed by atoms with E-state index >= 15 is 0 Å². The van der Waals surface area contributed by atoms with Gasteiger partial charge in [-0.3, -0.25) is 4.90 Å². The summed E-state index contributed by atoms with van der Waals surface area (Å²) in [5, 5.41) is 13.5. The Morgan fingerprint density at radius 1 is 1.25 bits per heavy atom. The molecule has 1 aromatic rings. The predicted octanol–water partition coefficient (Wildman–Crippen LogP) is 3.08. The zero-order valence-corrected chi connectivity index (χ0v) is 13.5. The maximum Gasteiger partial charge on any atom is 0.0558 e. The number of hydrogen-bond donors (Lipinski definition) is 2. The molecule has 0 aliphatic rings. The second kappa shape index (κ2) is 9.35. The summed E-state index contributed by atoms with van der Waals surface area (Å²) in [7, 11) is 0. The molecule has 1 rings (SSSR count). The summed E-state index contributed by atoms with van der Waals surface area (Å²) in [5.74, 6) is 0. The quantitative estimate of drug-likeness (QED) is 0.735. The van der Waals surface area contributed by atoms with Crippen molar-refractivity contribution in [2.24, 2.45) is 0 Å². The van der Waals surface area contributed by atoms with Crippen molar-refractivity contribution in [1.29, 1.82) is 0 Å². The van der Waals surface area contributed by atoms with Gasteiger partial charge in [0.2, 0.25) is 0 Å². The highest BCUT2D eigenvalue weighted by Crippen LogP contribution is 2.25. The monoisotopic (exact) mass is 298 g/mol. The van der Waals surface area contributed by atoms with Crippen LogP contribution >= 0.6 is 11.6 Å². The van der Waals surface area contributed by atoms with Crippen molar-refractivity contribution >= 4 is 11.6 Å². The van der Waals surface area contributed by atoms with Crippen molar-refractivity contribution in [3.8, 4) is 0 Å². The van der Waals surface area contributed by atoms with Crippen molar-refractivity contribution in [2.45, 2.75) is 39.3 Å². The van der Waals surface area contributed by atoms with Crippen LogP contribution in [0.4, 0.5) is 0 Å². The first-order valence-corrected chi connectivity index (χ1v) is 7.80. The van der Waals surface area contributed by atoms with Gasteiger partial charge in [-0.1, -0.05) is 36.7 Å². The number of rotatable bonds is 9. The van der Waals surface area contributed by atoms with Crippen LogP contribution in [0.3, 0.4) is 0 Å². The first kappa shape index (κ1) is 17.4. The Morgan fingerprint density at radius 3 is 2.50 bits per heavy atom. The maximum absolute atomic E-state index is 9.14. The molecule has 4 heteroatoms. The lowest BCUT2D eigenvalue weighted by Crippen LogP contribution is -2.36. The van der Waals surface area contributed by atoms with Gasteiger partial charge >= 0.3 is 0 Å². The van der Waals surface area contributed by atoms with Crippen LogP contribution < -0.4 is 5.32 Å². The van der Waals surface area contributed by atoms with Gasteiger partial charge in [0.15, 0.2) is 0 Å². The fourth-order valence-corrected chi connectivity index (χ4v) is 2.69. The van der Waals surface area contributed by atoms with E-state index < -0.39 is 0 Å². The molecule has 3 nitrogen and oxygen atoms in total. The molecule has 0 saturated heterocycles. The van der Waals surface area contributed by atoms with Gasteiger partial charge in [-0.05, 0) is 38.4 Å². The second-order valence-corrected chi connectivity index (χ2v) is 5.68. The van der Waals surface area contributed by atoms with Crippen LogP contribution in [0, 0.1) is 0 Å². The second-order valence-electron chi connectivity index (χ2n) is 5.27. The van der Waals surface area contributed by atoms with Crippen LogP contribution in [0.25, 0.3) is 0 Å². The number of nitrogens with one attached hydrogen (secondary N) is 1. The summed E-state index contributed by atoms with van der Waals surface area (Å²) in [6, 6.07) is 8.71. The van der Waals surface area contributed by atoms with Crippen molar-refractivity contribution in [3.05, 3.63) is 34.9 Å². The van der Waals surface area contributed by atoms with Gasteiger partial charge in [0.25, 0.3) is 0 Å². The van der Waals surface area contributed by atoms with Gasteiger partial charge < -0.3 is 10.4 Å². The van der Waals surface area contributed by atoms with Crippen molar-refractivity contribution < 1.29 is 5.11 Å². The Bertz CT molecular complexity index is 384. The van der Waals surface area contributed by atoms with Gasteiger partial charge in [0, 0.05) is 30.2 Å². The molecule has 0 aromatic heterocycles. The third-order valence-electron chi connectivity index (χ3n) is 3.55. The van der Waals surface area contributed by atoms with E-state index in [9.17, 15) is 0 Å². The Morgan fingerprint density at radius 2 is 1.95 bits per heavy atom. The number of hydrogen-bond acceptors (Lipinski definition) is 3. The molecule has 1 aromatic carbocycles. The van der Waals surface area contributed by atoms with Crippen LogP contribution in [-0.4, -0.2) is 42.3 Å². The van der Waals surface area contributed by atoms with Crippen LogP contribution in [0.5, 0.6) is 0 Å². The topological polar surface area (TPSA) is 35.5 Å². The largest absolute Gasteiger partial charge is 0.395 e. The molecular weight excluding hydrogens is 272 g/mol. The first-order valence-electron chi connectivity index (χ1n) is 7.42. The van der Waals surface area contributed by atoms with E-state index in [1.807, 2.05) is 18.2 Å². The van der Waals surface area contributed by atoms with Crippen molar-refractivity contribution in [1.82, 2.24) is 10.2 Å². The van der Waals surface area contributed by atoms with Gasteiger partial charge in [-0.25, -0.2) is 0 Å². The van der Waals surface area contributed by atoms with Crippen LogP contribution in [0.15, 0.2) is 24.3 Å². The zero-order valence-electron chi connectivity index (χ0n) is 12.8. The Balaban J connectivity index is 2.70. The summed E-state index contributed by atoms with van der Waals surface area (Å²) in [6.07, 6.45) is 0.982. The molecule has 20 heavy (non-hydrogen) atoms. The molecule has 2 N–H and O–H groups in total. The van der Waals surface area contributed by atoms with Gasteiger partial charge in [-0.2, -0.15) is 0 Å². The lowest BCUT2D eigenvalue weighted by atomic mass is 10.0. The molecule has 0 heterocycles. The molecule has 1 atom stereocenters. The number of halogens is 1. The van der Waals surface area contributed by atoms with E-state index in [4.69, 9.17) is 16.7 Å². The standard InChI is InChI=1S/C16H27ClN2O/c1-4-18-16(14-7-5-6-8-15(14)17)9-10-19(11-12-20)13(2)3/h5-8,13,16,18,20H,4,9-12H2,1-3H3. The minimum absolute atomic E-state index is 0.205. The normalized spacial score (nSPS) is 13.2. The average Bonchev–Trinajstić information content (AvgIpc) is 2.42. The Kier molecular flexibility index (Phi) is 8.15. The lowest BCUT2D eigenvalue weighted by Gasteiger charge is -2.28. The minimum Gasteiger partial charge on any atom is -0.395 e. The predicted molar refractivity (Wildman–Crippen MR) is 86.3 cm³/mol. The molecule has 114 valence electrons. The number of benzene rings is 1. The van der Waals surface area contributed by atoms with E-state index in [-0.39, 0.29) is 12.6 Å². The third kappa shape index (κ3) is 5.41. The van der Waals surface area contributed by atoms with E-state index in [1.54, 1.807) is 0 Å². The van der Waals surface area contributed by atoms with Crippen molar-refractivity contribution in [3.63, 3.8) is 0 Å². The van der Waals surface area contributed by atoms with E-state index in [2.05, 4.69) is 37.1 Å². The number of nitrogens with zero attached hydrogens (tertiary/aromatic N) is 1. The van der Waals surface area contributed by atoms with Gasteiger partial charge in [-0.15, -0.1) is 0 Å². The van der Waals surface area contributed by atoms with E-state index in [0.717, 1.165) is 36.6 Å². The van der Waals surface area contributed by atoms with Crippen LogP contribution in [0.1, 0.15) is 38.8 Å². The average molecular weight is 299 g/mol. The molecule has 0 spiro atoms. The molecule has 0 radical (unpaired) electrons. The fourth-order valence-electron chi connectivity index (χ4n) is 2.42. The molecular formula is C16H27ClN2O. The highest BCUT2D eigenvalue weighted by atomic mass is 35.5. The highest BCUT2D eigenvalue weighted by molar-refractivity contribution is 6.31. The molecule has 0 fully saturated rings. The van der Waals surface area contributed by atoms with Gasteiger partial charge in [0.1, 0.15) is 0 Å². The Hall–Kier alpha value is -0.610. The summed E-state index contributed by atoms with van der Waals surface area (Å²) >= 11 is 6.30. The number of aliphatic hydroxyl groups excluding tert-OH is 1. The maximum atomic E-state index is 9.14. The third-order valence-corrected chi connectivity index (χ3v) is 3.90. The summed E-state index contributed by atoms with van der Waals surface area (Å²) in [6.45, 7) is 9.21. The van der Waals surface area contributed by atoms with E-state index in [1.165, 1.54) is 0 Å². The molecule has 1 unspecified atom stereocenters. The SMILES string of the molecule is CCNC(CCN(CCO)C(C)C)c1ccccc1Cl. The number of aliphatic hydroxyl groups is 1. The smallest absolute Gasteiger partial charge is 0.0558 e. The molecule has 0 saturated carbocycles. The highest BCUT2D eigenvalue weighted by Gasteiger charge is 2.16. The van der Waals surface area contributed by atoms with Crippen LogP contribution in [-0.2, 0) is 0 Å². The molecule has 0 aliphatic carbocycles. The first-order chi connectivity index (χ1) is 9.60. The summed E-state index contributed by atoms with van der Waals surface area (Å²) in [5.41, 5.74) is 1.16. The minimum atomic E-state index is 0.205. The fraction of sp³-hybridized carbons (Fsp3) is 0.625. The summed E-state index contributed by atoms with van der Waals surface area (Å²) in [4.78, 5) is 2.29. The molecule has 0 amide bonds. The van der Waals surface area contributed by atoms with E-state index in [0.29, 0.717) is 6.04 Å². The lowest BCUT2D eigenvalue weighted by molar-refractivity contribution is 0.159. The Labute approximate surface area is 127 Å². The zero-order chi connectivity index (χ0) is 15.0. The molecule has 0 aliphatic heterocycles. The molecule has 0 bridgehead atoms. The van der Waals surface area contributed by atoms with Crippen LogP contribution in [0.2, 0.25) is 5.02 Å². The van der Waals surface area contributed by atoms with Crippen molar-refractivity contribution in [2.75, 3.05) is 26.2 Å². The summed E-state index contributed by atoms with van der Waals surface area (Å²) < 4.78 is 0.